The van der Waals surface area contributed by atoms with E-state index in [9.17, 15) is 13.2 Å². The summed E-state index contributed by atoms with van der Waals surface area (Å²) in [6.07, 6.45) is 0. The number of aromatic nitrogens is 1. The summed E-state index contributed by atoms with van der Waals surface area (Å²) in [4.78, 5) is 15.7. The van der Waals surface area contributed by atoms with Gasteiger partial charge in [-0.1, -0.05) is 0 Å². The molecule has 3 rings (SSSR count). The van der Waals surface area contributed by atoms with Crippen molar-refractivity contribution in [3.8, 4) is 0 Å². The van der Waals surface area contributed by atoms with Gasteiger partial charge < -0.3 is 9.52 Å². The Morgan fingerprint density at radius 3 is 2.64 bits per heavy atom. The van der Waals surface area contributed by atoms with Crippen molar-refractivity contribution in [3.05, 3.63) is 28.7 Å². The molecule has 1 saturated heterocycles. The molecule has 2 heterocycles. The molecule has 1 aliphatic heterocycles. The molecule has 2 aromatic rings. The van der Waals surface area contributed by atoms with E-state index in [0.29, 0.717) is 43.8 Å². The van der Waals surface area contributed by atoms with Crippen molar-refractivity contribution in [2.24, 2.45) is 0 Å². The van der Waals surface area contributed by atoms with Gasteiger partial charge in [0, 0.05) is 32.7 Å². The summed E-state index contributed by atoms with van der Waals surface area (Å²) in [6, 6.07) is 4.33. The van der Waals surface area contributed by atoms with Gasteiger partial charge in [0.15, 0.2) is 5.58 Å². The SMILES string of the molecule is O=c1[nH]c2cc(S(=O)(=O)N3CCN(CCO)CC3)ccc2o1. The average molecular weight is 327 g/mol. The zero-order valence-corrected chi connectivity index (χ0v) is 12.7. The van der Waals surface area contributed by atoms with Crippen LogP contribution in [0.4, 0.5) is 0 Å². The zero-order chi connectivity index (χ0) is 15.7. The normalized spacial score (nSPS) is 18.0. The molecule has 2 N–H and O–H groups in total. The molecular weight excluding hydrogens is 310 g/mol. The van der Waals surface area contributed by atoms with Gasteiger partial charge in [-0.3, -0.25) is 9.88 Å². The van der Waals surface area contributed by atoms with Crippen LogP contribution in [0.2, 0.25) is 0 Å². The molecule has 0 atom stereocenters. The molecule has 22 heavy (non-hydrogen) atoms. The van der Waals surface area contributed by atoms with Crippen molar-refractivity contribution in [2.75, 3.05) is 39.3 Å². The molecule has 0 spiro atoms. The highest BCUT2D eigenvalue weighted by molar-refractivity contribution is 7.89. The topological polar surface area (TPSA) is 107 Å². The lowest BCUT2D eigenvalue weighted by molar-refractivity contribution is 0.151. The van der Waals surface area contributed by atoms with Crippen LogP contribution >= 0.6 is 0 Å². The van der Waals surface area contributed by atoms with E-state index in [0.717, 1.165) is 0 Å². The first kappa shape index (κ1) is 15.2. The summed E-state index contributed by atoms with van der Waals surface area (Å²) >= 11 is 0. The van der Waals surface area contributed by atoms with Crippen molar-refractivity contribution in [1.29, 1.82) is 0 Å². The lowest BCUT2D eigenvalue weighted by atomic mass is 10.3. The first-order valence-electron chi connectivity index (χ1n) is 6.97. The summed E-state index contributed by atoms with van der Waals surface area (Å²) in [7, 11) is -3.60. The predicted octanol–water partition coefficient (Wildman–Crippen LogP) is -0.580. The maximum absolute atomic E-state index is 12.6. The number of aliphatic hydroxyl groups excluding tert-OH is 1. The second-order valence-corrected chi connectivity index (χ2v) is 7.08. The highest BCUT2D eigenvalue weighted by Gasteiger charge is 2.28. The Morgan fingerprint density at radius 2 is 1.95 bits per heavy atom. The van der Waals surface area contributed by atoms with Crippen molar-refractivity contribution in [2.45, 2.75) is 4.90 Å². The maximum Gasteiger partial charge on any atom is 0.417 e. The number of sulfonamides is 1. The number of nitrogens with one attached hydrogen (secondary N) is 1. The van der Waals surface area contributed by atoms with Crippen LogP contribution in [0.25, 0.3) is 11.1 Å². The van der Waals surface area contributed by atoms with Gasteiger partial charge in [-0.05, 0) is 18.2 Å². The highest BCUT2D eigenvalue weighted by Crippen LogP contribution is 2.21. The van der Waals surface area contributed by atoms with Crippen molar-refractivity contribution < 1.29 is 17.9 Å². The average Bonchev–Trinajstić information content (AvgIpc) is 2.87. The molecule has 1 aliphatic rings. The van der Waals surface area contributed by atoms with E-state index >= 15 is 0 Å². The van der Waals surface area contributed by atoms with E-state index in [2.05, 4.69) is 4.98 Å². The number of nitrogens with zero attached hydrogens (tertiary/aromatic N) is 2. The third-order valence-corrected chi connectivity index (χ3v) is 5.67. The molecule has 0 amide bonds. The van der Waals surface area contributed by atoms with E-state index in [1.54, 1.807) is 0 Å². The largest absolute Gasteiger partial charge is 0.417 e. The van der Waals surface area contributed by atoms with Gasteiger partial charge in [-0.25, -0.2) is 13.2 Å². The molecule has 9 heteroatoms. The van der Waals surface area contributed by atoms with Crippen LogP contribution in [0.1, 0.15) is 0 Å². The van der Waals surface area contributed by atoms with Gasteiger partial charge in [-0.15, -0.1) is 0 Å². The van der Waals surface area contributed by atoms with Gasteiger partial charge >= 0.3 is 5.76 Å². The summed E-state index contributed by atoms with van der Waals surface area (Å²) in [6.45, 7) is 2.55. The second-order valence-electron chi connectivity index (χ2n) is 5.14. The first-order chi connectivity index (χ1) is 10.5. The minimum absolute atomic E-state index is 0.0667. The maximum atomic E-state index is 12.6. The van der Waals surface area contributed by atoms with Crippen LogP contribution in [-0.2, 0) is 10.0 Å². The minimum atomic E-state index is -3.60. The van der Waals surface area contributed by atoms with E-state index in [1.165, 1.54) is 22.5 Å². The Kier molecular flexibility index (Phi) is 4.04. The minimum Gasteiger partial charge on any atom is -0.408 e. The van der Waals surface area contributed by atoms with Crippen LogP contribution in [0.5, 0.6) is 0 Å². The van der Waals surface area contributed by atoms with Gasteiger partial charge in [0.1, 0.15) is 0 Å². The Balaban J connectivity index is 1.84. The molecular formula is C13H17N3O5S. The summed E-state index contributed by atoms with van der Waals surface area (Å²) < 4.78 is 31.6. The number of fused-ring (bicyclic) bond motifs is 1. The number of piperazine rings is 1. The molecule has 0 radical (unpaired) electrons. The van der Waals surface area contributed by atoms with Gasteiger partial charge in [-0.2, -0.15) is 4.31 Å². The number of aromatic amines is 1. The summed E-state index contributed by atoms with van der Waals surface area (Å²) in [5.41, 5.74) is 0.696. The summed E-state index contributed by atoms with van der Waals surface area (Å²) in [5.74, 6) is -0.609. The van der Waals surface area contributed by atoms with Crippen LogP contribution < -0.4 is 5.76 Å². The van der Waals surface area contributed by atoms with Gasteiger partial charge in [0.25, 0.3) is 0 Å². The van der Waals surface area contributed by atoms with E-state index in [1.807, 2.05) is 4.90 Å². The second kappa shape index (κ2) is 5.84. The van der Waals surface area contributed by atoms with Crippen molar-refractivity contribution >= 4 is 21.1 Å². The van der Waals surface area contributed by atoms with Crippen molar-refractivity contribution in [1.82, 2.24) is 14.2 Å². The fraction of sp³-hybridized carbons (Fsp3) is 0.462. The first-order valence-corrected chi connectivity index (χ1v) is 8.41. The third-order valence-electron chi connectivity index (χ3n) is 3.78. The Morgan fingerprint density at radius 1 is 1.23 bits per heavy atom. The number of β-amino-alcohol motifs (C(OH)–C–C–N with tert-alkyl or cyclic N) is 1. The molecule has 0 bridgehead atoms. The molecule has 0 unspecified atom stereocenters. The number of H-pyrrole nitrogens is 1. The van der Waals surface area contributed by atoms with Crippen molar-refractivity contribution in [3.63, 3.8) is 0 Å². The zero-order valence-electron chi connectivity index (χ0n) is 11.9. The monoisotopic (exact) mass is 327 g/mol. The van der Waals surface area contributed by atoms with Gasteiger partial charge in [0.05, 0.1) is 17.0 Å². The lowest BCUT2D eigenvalue weighted by Crippen LogP contribution is -2.49. The highest BCUT2D eigenvalue weighted by atomic mass is 32.2. The number of hydrogen-bond acceptors (Lipinski definition) is 6. The smallest absolute Gasteiger partial charge is 0.408 e. The van der Waals surface area contributed by atoms with E-state index < -0.39 is 15.8 Å². The number of rotatable bonds is 4. The van der Waals surface area contributed by atoms with E-state index in [4.69, 9.17) is 9.52 Å². The molecule has 1 fully saturated rings. The Labute approximate surface area is 127 Å². The van der Waals surface area contributed by atoms with Crippen LogP contribution in [0, 0.1) is 0 Å². The van der Waals surface area contributed by atoms with Crippen LogP contribution in [-0.4, -0.2) is 67.0 Å². The summed E-state index contributed by atoms with van der Waals surface area (Å²) in [5, 5.41) is 8.91. The Bertz CT molecular complexity index is 818. The van der Waals surface area contributed by atoms with Crippen LogP contribution in [0.3, 0.4) is 0 Å². The Hall–Kier alpha value is -1.68. The number of benzene rings is 1. The van der Waals surface area contributed by atoms with Gasteiger partial charge in [0.2, 0.25) is 10.0 Å². The standard InChI is InChI=1S/C13H17N3O5S/c17-8-7-15-3-5-16(6-4-15)22(19,20)10-1-2-12-11(9-10)14-13(18)21-12/h1-2,9,17H,3-8H2,(H,14,18). The molecule has 8 nitrogen and oxygen atoms in total. The fourth-order valence-corrected chi connectivity index (χ4v) is 4.02. The quantitative estimate of drug-likeness (QED) is 0.778. The fourth-order valence-electron chi connectivity index (χ4n) is 2.58. The molecule has 1 aromatic carbocycles. The molecule has 120 valence electrons. The number of oxazole rings is 1. The lowest BCUT2D eigenvalue weighted by Gasteiger charge is -2.33. The molecule has 0 saturated carbocycles. The molecule has 1 aromatic heterocycles. The van der Waals surface area contributed by atoms with E-state index in [-0.39, 0.29) is 11.5 Å². The number of aliphatic hydroxyl groups is 1. The van der Waals surface area contributed by atoms with Crippen LogP contribution in [0.15, 0.2) is 32.3 Å². The predicted molar refractivity (Wildman–Crippen MR) is 79.1 cm³/mol. The molecule has 0 aliphatic carbocycles. The third kappa shape index (κ3) is 2.80. The number of hydrogen-bond donors (Lipinski definition) is 2.